The van der Waals surface area contributed by atoms with Crippen molar-refractivity contribution in [3.8, 4) is 0 Å². The minimum atomic E-state index is -0.177. The van der Waals surface area contributed by atoms with E-state index >= 15 is 0 Å². The van der Waals surface area contributed by atoms with Gasteiger partial charge in [0.15, 0.2) is 0 Å². The van der Waals surface area contributed by atoms with E-state index in [4.69, 9.17) is 4.74 Å². The predicted molar refractivity (Wildman–Crippen MR) is 71.3 cm³/mol. The van der Waals surface area contributed by atoms with Crippen LogP contribution in [0.4, 0.5) is 10.1 Å². The zero-order valence-electron chi connectivity index (χ0n) is 9.96. The summed E-state index contributed by atoms with van der Waals surface area (Å²) in [5.74, 6) is -0.177. The molecule has 2 nitrogen and oxygen atoms in total. The van der Waals surface area contributed by atoms with Crippen molar-refractivity contribution in [1.29, 1.82) is 0 Å². The van der Waals surface area contributed by atoms with E-state index < -0.39 is 0 Å². The Kier molecular flexibility index (Phi) is 4.40. The van der Waals surface area contributed by atoms with Crippen molar-refractivity contribution in [2.24, 2.45) is 0 Å². The van der Waals surface area contributed by atoms with Gasteiger partial charge in [-0.2, -0.15) is 0 Å². The smallest absolute Gasteiger partial charge is 0.123 e. The number of nitrogens with zero attached hydrogens (tertiary/aromatic N) is 1. The number of ether oxygens (including phenoxy) is 1. The zero-order chi connectivity index (χ0) is 12.3. The van der Waals surface area contributed by atoms with E-state index in [9.17, 15) is 4.39 Å². The third kappa shape index (κ3) is 2.99. The lowest BCUT2D eigenvalue weighted by molar-refractivity contribution is 0.0384. The van der Waals surface area contributed by atoms with E-state index in [0.717, 1.165) is 37.4 Å². The molecular weight excluding hydrogens is 285 g/mol. The number of alkyl halides is 1. The van der Waals surface area contributed by atoms with Gasteiger partial charge >= 0.3 is 0 Å². The summed E-state index contributed by atoms with van der Waals surface area (Å²) in [6.45, 7) is 4.64. The van der Waals surface area contributed by atoms with Crippen LogP contribution in [0.1, 0.15) is 18.9 Å². The van der Waals surface area contributed by atoms with Crippen LogP contribution in [0.5, 0.6) is 0 Å². The highest BCUT2D eigenvalue weighted by atomic mass is 79.9. The average Bonchev–Trinajstić information content (AvgIpc) is 2.38. The Morgan fingerprint density at radius 3 is 3.06 bits per heavy atom. The Hall–Kier alpha value is -0.610. The molecule has 0 aliphatic carbocycles. The number of benzene rings is 1. The number of hydrogen-bond acceptors (Lipinski definition) is 2. The van der Waals surface area contributed by atoms with Crippen molar-refractivity contribution in [2.45, 2.75) is 24.8 Å². The summed E-state index contributed by atoms with van der Waals surface area (Å²) in [6.07, 6.45) is 1.30. The van der Waals surface area contributed by atoms with Gasteiger partial charge < -0.3 is 9.64 Å². The van der Waals surface area contributed by atoms with Crippen molar-refractivity contribution >= 4 is 21.6 Å². The first-order chi connectivity index (χ1) is 8.24. The van der Waals surface area contributed by atoms with Crippen molar-refractivity contribution in [1.82, 2.24) is 0 Å². The van der Waals surface area contributed by atoms with Gasteiger partial charge in [0, 0.05) is 24.1 Å². The second-order valence-corrected chi connectivity index (χ2v) is 4.81. The quantitative estimate of drug-likeness (QED) is 0.794. The highest BCUT2D eigenvalue weighted by molar-refractivity contribution is 9.08. The number of rotatable bonds is 3. The fourth-order valence-corrected chi connectivity index (χ4v) is 2.60. The standard InChI is InChI=1S/C13H17BrFNO/c1-2-12-9-16(5-6-17-12)13-4-3-11(15)7-10(13)8-14/h3-4,7,12H,2,5-6,8-9H2,1H3. The molecule has 1 atom stereocenters. The average molecular weight is 302 g/mol. The van der Waals surface area contributed by atoms with E-state index in [1.807, 2.05) is 6.07 Å². The van der Waals surface area contributed by atoms with Gasteiger partial charge in [0.1, 0.15) is 5.82 Å². The van der Waals surface area contributed by atoms with Crippen LogP contribution in [0, 0.1) is 5.82 Å². The first-order valence-electron chi connectivity index (χ1n) is 5.95. The van der Waals surface area contributed by atoms with Gasteiger partial charge in [-0.15, -0.1) is 0 Å². The summed E-state index contributed by atoms with van der Waals surface area (Å²) in [5.41, 5.74) is 2.12. The third-order valence-corrected chi connectivity index (χ3v) is 3.72. The van der Waals surface area contributed by atoms with Crippen molar-refractivity contribution in [3.05, 3.63) is 29.6 Å². The van der Waals surface area contributed by atoms with Crippen LogP contribution in [0.3, 0.4) is 0 Å². The molecule has 0 spiro atoms. The SMILES string of the molecule is CCC1CN(c2ccc(F)cc2CBr)CCO1. The molecule has 1 heterocycles. The first-order valence-corrected chi connectivity index (χ1v) is 7.07. The lowest BCUT2D eigenvalue weighted by Crippen LogP contribution is -2.42. The Morgan fingerprint density at radius 2 is 2.35 bits per heavy atom. The lowest BCUT2D eigenvalue weighted by atomic mass is 10.1. The Morgan fingerprint density at radius 1 is 1.53 bits per heavy atom. The van der Waals surface area contributed by atoms with Gasteiger partial charge in [-0.25, -0.2) is 4.39 Å². The van der Waals surface area contributed by atoms with Crippen LogP contribution in [-0.4, -0.2) is 25.8 Å². The Bertz CT molecular complexity index is 386. The van der Waals surface area contributed by atoms with Crippen molar-refractivity contribution in [3.63, 3.8) is 0 Å². The second-order valence-electron chi connectivity index (χ2n) is 4.25. The zero-order valence-corrected chi connectivity index (χ0v) is 11.5. The van der Waals surface area contributed by atoms with Gasteiger partial charge in [-0.3, -0.25) is 0 Å². The summed E-state index contributed by atoms with van der Waals surface area (Å²) in [7, 11) is 0. The fourth-order valence-electron chi connectivity index (χ4n) is 2.15. The topological polar surface area (TPSA) is 12.5 Å². The van der Waals surface area contributed by atoms with E-state index in [2.05, 4.69) is 27.8 Å². The number of anilines is 1. The molecule has 17 heavy (non-hydrogen) atoms. The van der Waals surface area contributed by atoms with Gasteiger partial charge in [-0.05, 0) is 30.2 Å². The van der Waals surface area contributed by atoms with Crippen LogP contribution in [0.15, 0.2) is 18.2 Å². The molecule has 4 heteroatoms. The summed E-state index contributed by atoms with van der Waals surface area (Å²) < 4.78 is 18.8. The number of morpholine rings is 1. The first kappa shape index (κ1) is 12.8. The predicted octanol–water partition coefficient (Wildman–Crippen LogP) is 3.34. The molecule has 0 bridgehead atoms. The highest BCUT2D eigenvalue weighted by Crippen LogP contribution is 2.26. The van der Waals surface area contributed by atoms with Gasteiger partial charge in [0.25, 0.3) is 0 Å². The molecule has 1 fully saturated rings. The lowest BCUT2D eigenvalue weighted by Gasteiger charge is -2.35. The van der Waals surface area contributed by atoms with Crippen LogP contribution in [0.2, 0.25) is 0 Å². The minimum absolute atomic E-state index is 0.177. The second kappa shape index (κ2) is 5.83. The third-order valence-electron chi connectivity index (χ3n) is 3.12. The van der Waals surface area contributed by atoms with Gasteiger partial charge in [-0.1, -0.05) is 22.9 Å². The molecule has 1 unspecified atom stereocenters. The number of halogens is 2. The molecule has 94 valence electrons. The Balaban J connectivity index is 2.20. The van der Waals surface area contributed by atoms with Gasteiger partial charge in [0.2, 0.25) is 0 Å². The minimum Gasteiger partial charge on any atom is -0.375 e. The van der Waals surface area contributed by atoms with Crippen LogP contribution >= 0.6 is 15.9 Å². The van der Waals surface area contributed by atoms with E-state index in [-0.39, 0.29) is 11.9 Å². The molecule has 1 aliphatic heterocycles. The number of hydrogen-bond donors (Lipinski definition) is 0. The van der Waals surface area contributed by atoms with Gasteiger partial charge in [0.05, 0.1) is 12.7 Å². The molecule has 0 N–H and O–H groups in total. The summed E-state index contributed by atoms with van der Waals surface area (Å²) in [4.78, 5) is 2.29. The molecule has 0 aromatic heterocycles. The molecule has 0 radical (unpaired) electrons. The van der Waals surface area contributed by atoms with Crippen molar-refractivity contribution < 1.29 is 9.13 Å². The summed E-state index contributed by atoms with van der Waals surface area (Å²) >= 11 is 3.42. The maximum atomic E-state index is 13.2. The van der Waals surface area contributed by atoms with E-state index in [0.29, 0.717) is 5.33 Å². The van der Waals surface area contributed by atoms with E-state index in [1.165, 1.54) is 6.07 Å². The molecule has 0 amide bonds. The van der Waals surface area contributed by atoms with Crippen molar-refractivity contribution in [2.75, 3.05) is 24.6 Å². The van der Waals surface area contributed by atoms with Crippen LogP contribution < -0.4 is 4.90 Å². The molecule has 2 rings (SSSR count). The maximum absolute atomic E-state index is 13.2. The van der Waals surface area contributed by atoms with Crippen LogP contribution in [0.25, 0.3) is 0 Å². The molecule has 0 saturated carbocycles. The largest absolute Gasteiger partial charge is 0.375 e. The molecule has 1 aromatic carbocycles. The molecule has 1 aromatic rings. The normalized spacial score (nSPS) is 20.6. The summed E-state index contributed by atoms with van der Waals surface area (Å²) in [6, 6.07) is 4.99. The molecular formula is C13H17BrFNO. The Labute approximate surface area is 110 Å². The van der Waals surface area contributed by atoms with E-state index in [1.54, 1.807) is 6.07 Å². The molecule has 1 saturated heterocycles. The maximum Gasteiger partial charge on any atom is 0.123 e. The molecule has 1 aliphatic rings. The summed E-state index contributed by atoms with van der Waals surface area (Å²) in [5, 5.41) is 0.675. The van der Waals surface area contributed by atoms with Crippen LogP contribution in [-0.2, 0) is 10.1 Å². The fraction of sp³-hybridized carbons (Fsp3) is 0.538. The monoisotopic (exact) mass is 301 g/mol. The highest BCUT2D eigenvalue weighted by Gasteiger charge is 2.20.